The second kappa shape index (κ2) is 8.60. The van der Waals surface area contributed by atoms with Crippen LogP contribution in [0.3, 0.4) is 0 Å². The second-order valence-electron chi connectivity index (χ2n) is 7.06. The highest BCUT2D eigenvalue weighted by molar-refractivity contribution is 7.92. The maximum absolute atomic E-state index is 13.0. The zero-order chi connectivity index (χ0) is 22.9. The number of aromatic nitrogens is 3. The molecule has 0 aliphatic rings. The number of para-hydroxylation sites is 1. The third kappa shape index (κ3) is 4.17. The Bertz CT molecular complexity index is 1400. The summed E-state index contributed by atoms with van der Waals surface area (Å²) >= 11 is 5.67. The van der Waals surface area contributed by atoms with Crippen molar-refractivity contribution in [2.24, 2.45) is 0 Å². The summed E-state index contributed by atoms with van der Waals surface area (Å²) in [4.78, 5) is 13.1. The Morgan fingerprint density at radius 3 is 2.41 bits per heavy atom. The average Bonchev–Trinajstić information content (AvgIpc) is 3.07. The first-order valence-electron chi connectivity index (χ1n) is 9.81. The summed E-state index contributed by atoms with van der Waals surface area (Å²) in [6, 6.07) is 16.6. The van der Waals surface area contributed by atoms with Crippen LogP contribution in [0, 0.1) is 6.92 Å². The fourth-order valence-corrected chi connectivity index (χ4v) is 4.67. The van der Waals surface area contributed by atoms with Crippen molar-refractivity contribution in [3.63, 3.8) is 0 Å². The fraction of sp³-hybridized carbons (Fsp3) is 0.136. The van der Waals surface area contributed by atoms with E-state index in [-0.39, 0.29) is 21.8 Å². The lowest BCUT2D eigenvalue weighted by molar-refractivity contribution is 0.101. The van der Waals surface area contributed by atoms with E-state index in [9.17, 15) is 13.2 Å². The van der Waals surface area contributed by atoms with Crippen molar-refractivity contribution < 1.29 is 13.2 Å². The molecule has 0 saturated carbocycles. The van der Waals surface area contributed by atoms with E-state index in [1.165, 1.54) is 36.4 Å². The zero-order valence-electron chi connectivity index (χ0n) is 17.3. The summed E-state index contributed by atoms with van der Waals surface area (Å²) in [5, 5.41) is 11.3. The fourth-order valence-electron chi connectivity index (χ4n) is 3.57. The van der Waals surface area contributed by atoms with Gasteiger partial charge in [-0.2, -0.15) is 0 Å². The predicted octanol–water partition coefficient (Wildman–Crippen LogP) is 4.47. The number of nitrogens with zero attached hydrogens (tertiary/aromatic N) is 3. The molecule has 0 radical (unpaired) electrons. The van der Waals surface area contributed by atoms with Gasteiger partial charge in [-0.05, 0) is 61.9 Å². The van der Waals surface area contributed by atoms with Gasteiger partial charge in [0.1, 0.15) is 5.69 Å². The molecule has 0 aliphatic carbocycles. The van der Waals surface area contributed by atoms with Crippen LogP contribution in [-0.2, 0) is 16.6 Å². The third-order valence-corrected chi connectivity index (χ3v) is 6.62. The summed E-state index contributed by atoms with van der Waals surface area (Å²) in [6.07, 6.45) is 0. The van der Waals surface area contributed by atoms with Gasteiger partial charge < -0.3 is 9.88 Å². The first-order valence-corrected chi connectivity index (χ1v) is 11.7. The van der Waals surface area contributed by atoms with Gasteiger partial charge in [-0.15, -0.1) is 10.2 Å². The van der Waals surface area contributed by atoms with Crippen LogP contribution in [0.5, 0.6) is 0 Å². The third-order valence-electron chi connectivity index (χ3n) is 5.05. The van der Waals surface area contributed by atoms with Gasteiger partial charge in [-0.1, -0.05) is 29.8 Å². The maximum Gasteiger partial charge on any atom is 0.272 e. The summed E-state index contributed by atoms with van der Waals surface area (Å²) in [6.45, 7) is 4.55. The van der Waals surface area contributed by atoms with Gasteiger partial charge in [0.05, 0.1) is 4.90 Å². The summed E-state index contributed by atoms with van der Waals surface area (Å²) in [5.74, 6) is -0.208. The number of hydrogen-bond acceptors (Lipinski definition) is 5. The van der Waals surface area contributed by atoms with Crippen molar-refractivity contribution in [1.29, 1.82) is 0 Å². The number of aryl methyl sites for hydroxylation is 2. The lowest BCUT2D eigenvalue weighted by Gasteiger charge is -2.11. The molecule has 2 aromatic carbocycles. The van der Waals surface area contributed by atoms with E-state index in [0.717, 1.165) is 16.5 Å². The topological polar surface area (TPSA) is 106 Å². The van der Waals surface area contributed by atoms with Crippen molar-refractivity contribution in [3.8, 4) is 0 Å². The number of amides is 1. The molecule has 2 heterocycles. The molecule has 1 amide bonds. The number of sulfonamides is 1. The molecule has 0 aliphatic heterocycles. The number of nitrogens with one attached hydrogen (secondary N) is 2. The normalized spacial score (nSPS) is 11.5. The molecular formula is C22H20ClN5O3S. The molecule has 0 atom stereocenters. The molecule has 4 rings (SSSR count). The van der Waals surface area contributed by atoms with E-state index in [1.54, 1.807) is 0 Å². The molecule has 0 bridgehead atoms. The first kappa shape index (κ1) is 21.8. The van der Waals surface area contributed by atoms with Gasteiger partial charge >= 0.3 is 0 Å². The number of benzene rings is 2. The number of carbonyl (C=O) groups is 1. The standard InChI is InChI=1S/C22H20ClN5O3S/c1-3-28-18-7-5-4-6-17(18)14(2)21(28)22(29)24-15-8-10-16(11-9-15)32(30,31)27-20-13-12-19(23)25-26-20/h4-13H,3H2,1-2H3,(H,24,29)(H,26,27). The highest BCUT2D eigenvalue weighted by Gasteiger charge is 2.20. The molecule has 2 aromatic heterocycles. The Morgan fingerprint density at radius 1 is 1.03 bits per heavy atom. The minimum absolute atomic E-state index is 0.0195. The largest absolute Gasteiger partial charge is 0.337 e. The van der Waals surface area contributed by atoms with E-state index in [2.05, 4.69) is 20.2 Å². The maximum atomic E-state index is 13.0. The molecule has 32 heavy (non-hydrogen) atoms. The van der Waals surface area contributed by atoms with Crippen LogP contribution in [0.2, 0.25) is 5.15 Å². The predicted molar refractivity (Wildman–Crippen MR) is 125 cm³/mol. The summed E-state index contributed by atoms with van der Waals surface area (Å²) in [7, 11) is -3.87. The van der Waals surface area contributed by atoms with Gasteiger partial charge in [-0.3, -0.25) is 9.52 Å². The molecule has 0 fully saturated rings. The Balaban J connectivity index is 1.55. The van der Waals surface area contributed by atoms with Gasteiger partial charge in [0, 0.05) is 23.1 Å². The van der Waals surface area contributed by atoms with E-state index in [4.69, 9.17) is 11.6 Å². The van der Waals surface area contributed by atoms with E-state index in [1.807, 2.05) is 42.7 Å². The number of anilines is 2. The average molecular weight is 470 g/mol. The molecule has 0 unspecified atom stereocenters. The Morgan fingerprint density at radius 2 is 1.75 bits per heavy atom. The molecule has 2 N–H and O–H groups in total. The SMILES string of the molecule is CCn1c(C(=O)Nc2ccc(S(=O)(=O)Nc3ccc(Cl)nn3)cc2)c(C)c2ccccc21. The molecule has 8 nitrogen and oxygen atoms in total. The number of fused-ring (bicyclic) bond motifs is 1. The monoisotopic (exact) mass is 469 g/mol. The lowest BCUT2D eigenvalue weighted by Crippen LogP contribution is -2.18. The van der Waals surface area contributed by atoms with Crippen LogP contribution in [-0.4, -0.2) is 29.1 Å². The van der Waals surface area contributed by atoms with Gasteiger partial charge in [0.2, 0.25) is 0 Å². The summed E-state index contributed by atoms with van der Waals surface area (Å²) in [5.41, 5.74) is 2.95. The van der Waals surface area contributed by atoms with Crippen molar-refractivity contribution in [3.05, 3.63) is 77.1 Å². The van der Waals surface area contributed by atoms with Crippen LogP contribution in [0.4, 0.5) is 11.5 Å². The van der Waals surface area contributed by atoms with Crippen molar-refractivity contribution in [1.82, 2.24) is 14.8 Å². The number of carbonyl (C=O) groups excluding carboxylic acids is 1. The Labute approximate surface area is 190 Å². The quantitative estimate of drug-likeness (QED) is 0.433. The Hall–Kier alpha value is -3.43. The van der Waals surface area contributed by atoms with Gasteiger partial charge in [-0.25, -0.2) is 8.42 Å². The van der Waals surface area contributed by atoms with Crippen molar-refractivity contribution >= 4 is 49.9 Å². The van der Waals surface area contributed by atoms with Crippen LogP contribution >= 0.6 is 11.6 Å². The minimum Gasteiger partial charge on any atom is -0.337 e. The molecule has 10 heteroatoms. The van der Waals surface area contributed by atoms with Gasteiger partial charge in [0.15, 0.2) is 11.0 Å². The van der Waals surface area contributed by atoms with Crippen LogP contribution in [0.25, 0.3) is 10.9 Å². The van der Waals surface area contributed by atoms with Crippen LogP contribution in [0.15, 0.2) is 65.6 Å². The van der Waals surface area contributed by atoms with Crippen LogP contribution in [0.1, 0.15) is 23.0 Å². The van der Waals surface area contributed by atoms with Gasteiger partial charge in [0.25, 0.3) is 15.9 Å². The summed E-state index contributed by atoms with van der Waals surface area (Å²) < 4.78 is 29.4. The minimum atomic E-state index is -3.87. The molecule has 0 spiro atoms. The molecule has 164 valence electrons. The van der Waals surface area contributed by atoms with Crippen molar-refractivity contribution in [2.45, 2.75) is 25.3 Å². The zero-order valence-corrected chi connectivity index (χ0v) is 18.9. The first-order chi connectivity index (χ1) is 15.3. The van der Waals surface area contributed by atoms with E-state index < -0.39 is 10.0 Å². The van der Waals surface area contributed by atoms with Crippen LogP contribution < -0.4 is 10.0 Å². The van der Waals surface area contributed by atoms with E-state index >= 15 is 0 Å². The Kier molecular flexibility index (Phi) is 5.86. The number of halogens is 1. The second-order valence-corrected chi connectivity index (χ2v) is 9.13. The molecule has 4 aromatic rings. The smallest absolute Gasteiger partial charge is 0.272 e. The lowest BCUT2D eigenvalue weighted by atomic mass is 10.1. The highest BCUT2D eigenvalue weighted by Crippen LogP contribution is 2.26. The molecular weight excluding hydrogens is 450 g/mol. The number of rotatable bonds is 6. The number of hydrogen-bond donors (Lipinski definition) is 2. The van der Waals surface area contributed by atoms with Crippen molar-refractivity contribution in [2.75, 3.05) is 10.0 Å². The van der Waals surface area contributed by atoms with E-state index in [0.29, 0.717) is 17.9 Å². The molecule has 0 saturated heterocycles. The highest BCUT2D eigenvalue weighted by atomic mass is 35.5.